The number of carbonyl (C=O) groups excluding carboxylic acids is 2. The van der Waals surface area contributed by atoms with Crippen LogP contribution in [0.2, 0.25) is 0 Å². The maximum atomic E-state index is 12.5. The standard InChI is InChI=1S/C23H35N3O6/c1-22(2,3)31-20(27)25-17-10-16(15-11-26(12-15)21(28)32-23(4,5)6)24-18(14-8-9-14)19(17)30-13-29-7/h10,14-15H,8-9,11-13H2,1-7H3,(H,24,25,27). The molecular formula is C23H35N3O6. The Balaban J connectivity index is 1.82. The minimum absolute atomic E-state index is 0.0413. The predicted octanol–water partition coefficient (Wildman–Crippen LogP) is 4.62. The van der Waals surface area contributed by atoms with Gasteiger partial charge in [-0.25, -0.2) is 9.59 Å². The zero-order valence-electron chi connectivity index (χ0n) is 20.1. The molecule has 9 nitrogen and oxygen atoms in total. The molecule has 1 saturated carbocycles. The molecule has 9 heteroatoms. The van der Waals surface area contributed by atoms with Gasteiger partial charge in [0.15, 0.2) is 12.5 Å². The second kappa shape index (κ2) is 9.13. The molecule has 1 aromatic rings. The molecular weight excluding hydrogens is 414 g/mol. The minimum atomic E-state index is -0.630. The lowest BCUT2D eigenvalue weighted by atomic mass is 9.95. The molecule has 0 atom stereocenters. The van der Waals surface area contributed by atoms with Gasteiger partial charge in [0.1, 0.15) is 11.2 Å². The number of hydrogen-bond donors (Lipinski definition) is 1. The van der Waals surface area contributed by atoms with Crippen molar-refractivity contribution in [3.05, 3.63) is 17.5 Å². The first kappa shape index (κ1) is 24.1. The van der Waals surface area contributed by atoms with E-state index in [9.17, 15) is 9.59 Å². The van der Waals surface area contributed by atoms with E-state index >= 15 is 0 Å². The van der Waals surface area contributed by atoms with Gasteiger partial charge in [0, 0.05) is 37.7 Å². The molecule has 2 aliphatic rings. The Morgan fingerprint density at radius 1 is 1.06 bits per heavy atom. The molecule has 2 fully saturated rings. The molecule has 0 spiro atoms. The highest BCUT2D eigenvalue weighted by molar-refractivity contribution is 5.87. The molecule has 1 N–H and O–H groups in total. The van der Waals surface area contributed by atoms with Gasteiger partial charge >= 0.3 is 12.2 Å². The summed E-state index contributed by atoms with van der Waals surface area (Å²) in [5, 5.41) is 2.82. The number of nitrogens with one attached hydrogen (secondary N) is 1. The monoisotopic (exact) mass is 449 g/mol. The van der Waals surface area contributed by atoms with Gasteiger partial charge in [-0.05, 0) is 60.5 Å². The molecule has 2 amide bonds. The SMILES string of the molecule is COCOc1c(NC(=O)OC(C)(C)C)cc(C2CN(C(=O)OC(C)(C)C)C2)nc1C1CC1. The van der Waals surface area contributed by atoms with Crippen LogP contribution >= 0.6 is 0 Å². The number of ether oxygens (including phenoxy) is 4. The van der Waals surface area contributed by atoms with Gasteiger partial charge in [-0.3, -0.25) is 10.3 Å². The summed E-state index contributed by atoms with van der Waals surface area (Å²) in [7, 11) is 1.54. The molecule has 1 saturated heterocycles. The summed E-state index contributed by atoms with van der Waals surface area (Å²) in [5.74, 6) is 0.839. The third-order valence-corrected chi connectivity index (χ3v) is 4.89. The molecule has 1 aliphatic heterocycles. The first-order valence-corrected chi connectivity index (χ1v) is 11.0. The van der Waals surface area contributed by atoms with Crippen LogP contribution in [0.4, 0.5) is 15.3 Å². The number of aromatic nitrogens is 1. The van der Waals surface area contributed by atoms with Crippen LogP contribution in [0.5, 0.6) is 5.75 Å². The highest BCUT2D eigenvalue weighted by Crippen LogP contribution is 2.47. The highest BCUT2D eigenvalue weighted by Gasteiger charge is 2.38. The summed E-state index contributed by atoms with van der Waals surface area (Å²) in [6, 6.07) is 1.80. The lowest BCUT2D eigenvalue weighted by Crippen LogP contribution is -2.50. The minimum Gasteiger partial charge on any atom is -0.463 e. The average molecular weight is 450 g/mol. The van der Waals surface area contributed by atoms with E-state index in [-0.39, 0.29) is 24.7 Å². The topological polar surface area (TPSA) is 99.2 Å². The summed E-state index contributed by atoms with van der Waals surface area (Å²) < 4.78 is 21.8. The fourth-order valence-corrected chi connectivity index (χ4v) is 3.33. The van der Waals surface area contributed by atoms with E-state index in [0.717, 1.165) is 24.2 Å². The van der Waals surface area contributed by atoms with Gasteiger partial charge in [0.25, 0.3) is 0 Å². The van der Waals surface area contributed by atoms with E-state index in [4.69, 9.17) is 23.9 Å². The molecule has 1 aromatic heterocycles. The molecule has 0 unspecified atom stereocenters. The van der Waals surface area contributed by atoms with Crippen LogP contribution in [0.25, 0.3) is 0 Å². The van der Waals surface area contributed by atoms with Crippen LogP contribution in [0.3, 0.4) is 0 Å². The van der Waals surface area contributed by atoms with Gasteiger partial charge in [0.05, 0.1) is 11.4 Å². The van der Waals surface area contributed by atoms with Gasteiger partial charge in [-0.2, -0.15) is 0 Å². The molecule has 0 aromatic carbocycles. The van der Waals surface area contributed by atoms with Crippen LogP contribution in [0, 0.1) is 0 Å². The fraction of sp³-hybridized carbons (Fsp3) is 0.696. The Kier molecular flexibility index (Phi) is 6.88. The van der Waals surface area contributed by atoms with Crippen molar-refractivity contribution in [1.82, 2.24) is 9.88 Å². The van der Waals surface area contributed by atoms with Crippen molar-refractivity contribution in [1.29, 1.82) is 0 Å². The van der Waals surface area contributed by atoms with Crippen LogP contribution in [-0.2, 0) is 14.2 Å². The Hall–Kier alpha value is -2.55. The predicted molar refractivity (Wildman–Crippen MR) is 119 cm³/mol. The number of amides is 2. The summed E-state index contributed by atoms with van der Waals surface area (Å²) in [4.78, 5) is 31.3. The number of carbonyl (C=O) groups is 2. The third-order valence-electron chi connectivity index (χ3n) is 4.89. The number of likely N-dealkylation sites (tertiary alicyclic amines) is 1. The molecule has 3 rings (SSSR count). The molecule has 1 aliphatic carbocycles. The Labute approximate surface area is 189 Å². The Bertz CT molecular complexity index is 849. The van der Waals surface area contributed by atoms with Gasteiger partial charge in [0.2, 0.25) is 0 Å². The van der Waals surface area contributed by atoms with Crippen LogP contribution in [0.1, 0.15) is 77.6 Å². The van der Waals surface area contributed by atoms with E-state index in [1.54, 1.807) is 18.1 Å². The maximum absolute atomic E-state index is 12.5. The first-order chi connectivity index (χ1) is 14.9. The third kappa shape index (κ3) is 6.48. The van der Waals surface area contributed by atoms with Gasteiger partial charge in [-0.15, -0.1) is 0 Å². The van der Waals surface area contributed by atoms with Crippen LogP contribution in [0.15, 0.2) is 6.07 Å². The molecule has 2 heterocycles. The smallest absolute Gasteiger partial charge is 0.412 e. The van der Waals surface area contributed by atoms with Crippen molar-refractivity contribution in [2.75, 3.05) is 32.3 Å². The van der Waals surface area contributed by atoms with E-state index in [1.807, 2.05) is 41.5 Å². The molecule has 32 heavy (non-hydrogen) atoms. The van der Waals surface area contributed by atoms with E-state index in [2.05, 4.69) is 5.32 Å². The summed E-state index contributed by atoms with van der Waals surface area (Å²) in [6.07, 6.45) is 1.13. The van der Waals surface area contributed by atoms with Crippen molar-refractivity contribution in [2.45, 2.75) is 77.4 Å². The van der Waals surface area contributed by atoms with Gasteiger partial charge < -0.3 is 23.8 Å². The van der Waals surface area contributed by atoms with Crippen molar-refractivity contribution < 1.29 is 28.5 Å². The quantitative estimate of drug-likeness (QED) is 0.633. The van der Waals surface area contributed by atoms with E-state index < -0.39 is 17.3 Å². The highest BCUT2D eigenvalue weighted by atomic mass is 16.7. The summed E-state index contributed by atoms with van der Waals surface area (Å²) in [6.45, 7) is 12.0. The second-order valence-corrected chi connectivity index (χ2v) is 10.3. The number of pyridine rings is 1. The zero-order chi connectivity index (χ0) is 23.7. The van der Waals surface area contributed by atoms with Crippen molar-refractivity contribution in [3.63, 3.8) is 0 Å². The summed E-state index contributed by atoms with van der Waals surface area (Å²) in [5.41, 5.74) is 0.946. The lowest BCUT2D eigenvalue weighted by Gasteiger charge is -2.39. The van der Waals surface area contributed by atoms with E-state index in [1.165, 1.54) is 0 Å². The van der Waals surface area contributed by atoms with Crippen molar-refractivity contribution >= 4 is 17.9 Å². The van der Waals surface area contributed by atoms with Crippen molar-refractivity contribution in [3.8, 4) is 5.75 Å². The largest absolute Gasteiger partial charge is 0.463 e. The van der Waals surface area contributed by atoms with Crippen molar-refractivity contribution in [2.24, 2.45) is 0 Å². The first-order valence-electron chi connectivity index (χ1n) is 11.0. The maximum Gasteiger partial charge on any atom is 0.412 e. The number of nitrogens with zero attached hydrogens (tertiary/aromatic N) is 2. The number of hydrogen-bond acceptors (Lipinski definition) is 7. The van der Waals surface area contributed by atoms with Gasteiger partial charge in [-0.1, -0.05) is 0 Å². The molecule has 178 valence electrons. The second-order valence-electron chi connectivity index (χ2n) is 10.3. The fourth-order valence-electron chi connectivity index (χ4n) is 3.33. The normalized spacial score (nSPS) is 16.9. The molecule has 0 radical (unpaired) electrons. The number of methoxy groups -OCH3 is 1. The summed E-state index contributed by atoms with van der Waals surface area (Å²) >= 11 is 0. The van der Waals surface area contributed by atoms with E-state index in [0.29, 0.717) is 24.5 Å². The Morgan fingerprint density at radius 3 is 2.22 bits per heavy atom. The lowest BCUT2D eigenvalue weighted by molar-refractivity contribution is 0.00781. The van der Waals surface area contributed by atoms with Crippen LogP contribution in [-0.4, -0.2) is 60.3 Å². The average Bonchev–Trinajstić information content (AvgIpc) is 3.40. The molecule has 0 bridgehead atoms. The number of rotatable bonds is 6. The number of anilines is 1. The zero-order valence-corrected chi connectivity index (χ0v) is 20.1. The van der Waals surface area contributed by atoms with Crippen LogP contribution < -0.4 is 10.1 Å². The Morgan fingerprint density at radius 2 is 1.69 bits per heavy atom.